The number of carboxylic acid groups (broad SMARTS) is 1. The van der Waals surface area contributed by atoms with Crippen molar-refractivity contribution >= 4 is 41.4 Å². The van der Waals surface area contributed by atoms with Crippen LogP contribution in [0.2, 0.25) is 0 Å². The van der Waals surface area contributed by atoms with Gasteiger partial charge in [-0.25, -0.2) is 4.79 Å². The molecule has 1 radical (unpaired) electrons. The fraction of sp³-hybridized carbons (Fsp3) is 0.188. The molecule has 4 aromatic carbocycles. The maximum absolute atomic E-state index is 14.1. The maximum atomic E-state index is 14.1. The second-order valence-electron chi connectivity index (χ2n) is 9.29. The van der Waals surface area contributed by atoms with Crippen molar-refractivity contribution in [1.29, 1.82) is 0 Å². The van der Waals surface area contributed by atoms with Crippen LogP contribution in [0.1, 0.15) is 33.7 Å². The molecule has 0 saturated carbocycles. The predicted molar refractivity (Wildman–Crippen MR) is 157 cm³/mol. The standard InChI is InChI=1S/C32H29NO5.Na.2H2O/c1-37-28-18-17-25-20-33(31(34)29(23-13-7-3-8-14-23)24-15-9-4-10-16-24)27(32(35)36)19-26(25)30(28)38-21-22-11-5-2-6-12-22;;;/h2-18,27,29H,19-21H2,1H3,(H,35,36);;2*1H2/t27-;;;/m0.../s1. The van der Waals surface area contributed by atoms with Gasteiger partial charge in [0.1, 0.15) is 12.6 Å². The third kappa shape index (κ3) is 7.35. The SMILES string of the molecule is COc1ccc2c(c1OCc1ccccc1)C[C@@H](C(=O)O)N(C(=O)C(c1ccccc1)c1ccccc1)C2.O.O.[Na]. The number of carbonyl (C=O) groups is 2. The number of carbonyl (C=O) groups excluding carboxylic acids is 1. The van der Waals surface area contributed by atoms with Crippen LogP contribution in [0.15, 0.2) is 103 Å². The topological polar surface area (TPSA) is 139 Å². The Balaban J connectivity index is 0.00000196. The molecule has 0 fully saturated rings. The second-order valence-corrected chi connectivity index (χ2v) is 9.29. The van der Waals surface area contributed by atoms with Gasteiger partial charge in [0.25, 0.3) is 0 Å². The Labute approximate surface area is 261 Å². The van der Waals surface area contributed by atoms with E-state index in [4.69, 9.17) is 9.47 Å². The van der Waals surface area contributed by atoms with Crippen LogP contribution < -0.4 is 9.47 Å². The minimum absolute atomic E-state index is 0. The second kappa shape index (κ2) is 15.4. The fourth-order valence-electron chi connectivity index (χ4n) is 5.05. The molecule has 1 atom stereocenters. The number of amides is 1. The van der Waals surface area contributed by atoms with Gasteiger partial charge in [-0.2, -0.15) is 0 Å². The molecule has 209 valence electrons. The van der Waals surface area contributed by atoms with Crippen LogP contribution >= 0.6 is 0 Å². The monoisotopic (exact) mass is 566 g/mol. The molecular formula is C32H33NNaO7. The number of hydrogen-bond acceptors (Lipinski definition) is 4. The number of hydrogen-bond donors (Lipinski definition) is 1. The van der Waals surface area contributed by atoms with Crippen molar-refractivity contribution in [3.05, 3.63) is 131 Å². The molecule has 1 aliphatic rings. The van der Waals surface area contributed by atoms with E-state index in [0.717, 1.165) is 27.8 Å². The van der Waals surface area contributed by atoms with Crippen molar-refractivity contribution in [3.63, 3.8) is 0 Å². The van der Waals surface area contributed by atoms with Gasteiger partial charge in [0.05, 0.1) is 13.0 Å². The van der Waals surface area contributed by atoms with E-state index in [1.54, 1.807) is 7.11 Å². The Morgan fingerprint density at radius 2 is 1.39 bits per heavy atom. The van der Waals surface area contributed by atoms with Gasteiger partial charge in [0, 0.05) is 48.1 Å². The first kappa shape index (κ1) is 33.5. The van der Waals surface area contributed by atoms with Crippen LogP contribution in [0.4, 0.5) is 0 Å². The Hall–Kier alpha value is -3.66. The summed E-state index contributed by atoms with van der Waals surface area (Å²) in [6.45, 7) is 0.477. The van der Waals surface area contributed by atoms with Crippen molar-refractivity contribution < 1.29 is 35.1 Å². The Morgan fingerprint density at radius 3 is 1.90 bits per heavy atom. The largest absolute Gasteiger partial charge is 0.493 e. The third-order valence-corrected chi connectivity index (χ3v) is 6.96. The van der Waals surface area contributed by atoms with E-state index in [2.05, 4.69) is 0 Å². The van der Waals surface area contributed by atoms with Crippen molar-refractivity contribution in [3.8, 4) is 11.5 Å². The van der Waals surface area contributed by atoms with Crippen molar-refractivity contribution in [2.75, 3.05) is 7.11 Å². The summed E-state index contributed by atoms with van der Waals surface area (Å²) in [6, 6.07) is 31.4. The summed E-state index contributed by atoms with van der Waals surface area (Å²) in [4.78, 5) is 28.2. The molecule has 5 rings (SSSR count). The van der Waals surface area contributed by atoms with Gasteiger partial charge in [-0.3, -0.25) is 4.79 Å². The third-order valence-electron chi connectivity index (χ3n) is 6.96. The number of carboxylic acids is 1. The summed E-state index contributed by atoms with van der Waals surface area (Å²) in [5.41, 5.74) is 4.23. The number of ether oxygens (including phenoxy) is 2. The van der Waals surface area contributed by atoms with Crippen LogP contribution in [0.25, 0.3) is 0 Å². The van der Waals surface area contributed by atoms with Gasteiger partial charge < -0.3 is 30.4 Å². The van der Waals surface area contributed by atoms with E-state index < -0.39 is 17.9 Å². The maximum Gasteiger partial charge on any atom is 0.326 e. The first-order valence-corrected chi connectivity index (χ1v) is 12.6. The van der Waals surface area contributed by atoms with Gasteiger partial charge in [-0.1, -0.05) is 97.1 Å². The summed E-state index contributed by atoms with van der Waals surface area (Å²) >= 11 is 0. The van der Waals surface area contributed by atoms with E-state index in [1.807, 2.05) is 103 Å². The van der Waals surface area contributed by atoms with E-state index >= 15 is 0 Å². The summed E-state index contributed by atoms with van der Waals surface area (Å²) < 4.78 is 11.8. The summed E-state index contributed by atoms with van der Waals surface area (Å²) in [5.74, 6) is -0.860. The van der Waals surface area contributed by atoms with Gasteiger partial charge >= 0.3 is 5.97 Å². The number of rotatable bonds is 8. The van der Waals surface area contributed by atoms with Gasteiger partial charge in [-0.15, -0.1) is 0 Å². The first-order valence-electron chi connectivity index (χ1n) is 12.6. The van der Waals surface area contributed by atoms with E-state index in [9.17, 15) is 14.7 Å². The van der Waals surface area contributed by atoms with Crippen LogP contribution in [-0.4, -0.2) is 75.5 Å². The summed E-state index contributed by atoms with van der Waals surface area (Å²) in [5, 5.41) is 10.3. The first-order chi connectivity index (χ1) is 18.6. The zero-order valence-corrected chi connectivity index (χ0v) is 25.1. The van der Waals surface area contributed by atoms with E-state index in [1.165, 1.54) is 4.90 Å². The zero-order valence-electron chi connectivity index (χ0n) is 23.1. The predicted octanol–water partition coefficient (Wildman–Crippen LogP) is 3.41. The smallest absolute Gasteiger partial charge is 0.326 e. The van der Waals surface area contributed by atoms with Crippen LogP contribution in [-0.2, 0) is 29.2 Å². The van der Waals surface area contributed by atoms with Gasteiger partial charge in [-0.05, 0) is 28.3 Å². The molecule has 0 unspecified atom stereocenters. The Morgan fingerprint density at radius 1 is 0.854 bits per heavy atom. The molecule has 0 spiro atoms. The normalized spacial score (nSPS) is 13.5. The quantitative estimate of drug-likeness (QED) is 0.326. The molecule has 41 heavy (non-hydrogen) atoms. The number of benzene rings is 4. The average molecular weight is 567 g/mol. The minimum atomic E-state index is -1.05. The molecule has 1 amide bonds. The molecule has 9 heteroatoms. The van der Waals surface area contributed by atoms with Crippen LogP contribution in [0.3, 0.4) is 0 Å². The molecule has 1 heterocycles. The molecule has 4 aromatic rings. The molecule has 5 N–H and O–H groups in total. The molecule has 0 aliphatic carbocycles. The van der Waals surface area contributed by atoms with Crippen molar-refractivity contribution in [1.82, 2.24) is 4.90 Å². The number of nitrogens with zero attached hydrogens (tertiary/aromatic N) is 1. The molecule has 1 aliphatic heterocycles. The number of methoxy groups -OCH3 is 1. The summed E-state index contributed by atoms with van der Waals surface area (Å²) in [6.07, 6.45) is 0.119. The fourth-order valence-corrected chi connectivity index (χ4v) is 5.05. The number of fused-ring (bicyclic) bond motifs is 1. The molecule has 0 saturated heterocycles. The zero-order chi connectivity index (χ0) is 26.5. The van der Waals surface area contributed by atoms with Gasteiger partial charge in [0.15, 0.2) is 11.5 Å². The van der Waals surface area contributed by atoms with Crippen LogP contribution in [0.5, 0.6) is 11.5 Å². The van der Waals surface area contributed by atoms with Crippen molar-refractivity contribution in [2.24, 2.45) is 0 Å². The minimum Gasteiger partial charge on any atom is -0.493 e. The van der Waals surface area contributed by atoms with E-state index in [-0.39, 0.29) is 59.4 Å². The molecule has 8 nitrogen and oxygen atoms in total. The molecule has 0 bridgehead atoms. The molecule has 0 aromatic heterocycles. The van der Waals surface area contributed by atoms with E-state index in [0.29, 0.717) is 18.1 Å². The van der Waals surface area contributed by atoms with Crippen molar-refractivity contribution in [2.45, 2.75) is 31.5 Å². The summed E-state index contributed by atoms with van der Waals surface area (Å²) in [7, 11) is 1.56. The Bertz CT molecular complexity index is 1380. The molecular weight excluding hydrogens is 533 g/mol. The number of aliphatic carboxylic acids is 1. The average Bonchev–Trinajstić information content (AvgIpc) is 2.96. The Kier molecular flexibility index (Phi) is 12.6. The van der Waals surface area contributed by atoms with Crippen LogP contribution in [0, 0.1) is 0 Å². The van der Waals surface area contributed by atoms with Gasteiger partial charge in [0.2, 0.25) is 5.91 Å².